The van der Waals surface area contributed by atoms with E-state index in [0.29, 0.717) is 17.9 Å². The van der Waals surface area contributed by atoms with Gasteiger partial charge in [-0.15, -0.1) is 0 Å². The minimum Gasteiger partial charge on any atom is -0.369 e. The number of carbonyl (C=O) groups excluding carboxylic acids is 1. The lowest BCUT2D eigenvalue weighted by Gasteiger charge is -2.28. The maximum atomic E-state index is 14.0. The van der Waals surface area contributed by atoms with E-state index in [0.717, 1.165) is 44.5 Å². The molecule has 2 aliphatic heterocycles. The Morgan fingerprint density at radius 1 is 1.23 bits per heavy atom. The largest absolute Gasteiger partial charge is 0.369 e. The lowest BCUT2D eigenvalue weighted by atomic mass is 9.93. The minimum absolute atomic E-state index is 0.0464. The highest BCUT2D eigenvalue weighted by Gasteiger charge is 2.33. The van der Waals surface area contributed by atoms with Crippen LogP contribution in [0.3, 0.4) is 0 Å². The summed E-state index contributed by atoms with van der Waals surface area (Å²) in [5, 5.41) is 3.56. The molecule has 30 heavy (non-hydrogen) atoms. The number of pyridine rings is 1. The van der Waals surface area contributed by atoms with Crippen molar-refractivity contribution in [1.29, 1.82) is 0 Å². The highest BCUT2D eigenvalue weighted by molar-refractivity contribution is 6.30. The summed E-state index contributed by atoms with van der Waals surface area (Å²) >= 11 is 5.87. The first-order chi connectivity index (χ1) is 14.5. The van der Waals surface area contributed by atoms with Crippen LogP contribution in [0.2, 0.25) is 5.02 Å². The SMILES string of the molecule is CN1CCC(CNc2ncccc2C(=O)N2CCCCC2)C1c1ccc(Cl)c(F)c1. The summed E-state index contributed by atoms with van der Waals surface area (Å²) in [6.07, 6.45) is 6.00. The van der Waals surface area contributed by atoms with Crippen LogP contribution >= 0.6 is 11.6 Å². The molecule has 1 aromatic heterocycles. The number of hydrogen-bond donors (Lipinski definition) is 1. The summed E-state index contributed by atoms with van der Waals surface area (Å²) in [5.74, 6) is 0.560. The summed E-state index contributed by atoms with van der Waals surface area (Å²) in [7, 11) is 2.06. The van der Waals surface area contributed by atoms with Crippen molar-refractivity contribution in [3.8, 4) is 0 Å². The number of amides is 1. The molecule has 3 heterocycles. The number of halogens is 2. The Labute approximate surface area is 182 Å². The topological polar surface area (TPSA) is 48.5 Å². The predicted octanol–water partition coefficient (Wildman–Crippen LogP) is 4.61. The fourth-order valence-corrected chi connectivity index (χ4v) is 4.79. The molecular weight excluding hydrogens is 403 g/mol. The van der Waals surface area contributed by atoms with Crippen molar-refractivity contribution in [3.63, 3.8) is 0 Å². The minimum atomic E-state index is -0.389. The van der Waals surface area contributed by atoms with Crippen molar-refractivity contribution < 1.29 is 9.18 Å². The molecule has 2 unspecified atom stereocenters. The Balaban J connectivity index is 1.48. The van der Waals surface area contributed by atoms with E-state index in [1.165, 1.54) is 12.5 Å². The third kappa shape index (κ3) is 4.44. The highest BCUT2D eigenvalue weighted by atomic mass is 35.5. The summed E-state index contributed by atoms with van der Waals surface area (Å²) in [6.45, 7) is 3.22. The number of aromatic nitrogens is 1. The van der Waals surface area contributed by atoms with E-state index in [2.05, 4.69) is 22.2 Å². The van der Waals surface area contributed by atoms with Gasteiger partial charge in [-0.1, -0.05) is 17.7 Å². The standard InChI is InChI=1S/C23H28ClFN4O/c1-28-13-9-17(21(28)16-7-8-19(24)20(25)14-16)15-27-22-18(6-5-10-26-22)23(30)29-11-3-2-4-12-29/h5-8,10,14,17,21H,2-4,9,11-13,15H2,1H3,(H,26,27). The lowest BCUT2D eigenvalue weighted by Crippen LogP contribution is -2.36. The van der Waals surface area contributed by atoms with Gasteiger partial charge in [0.1, 0.15) is 11.6 Å². The van der Waals surface area contributed by atoms with E-state index in [4.69, 9.17) is 11.6 Å². The average molecular weight is 431 g/mol. The zero-order valence-electron chi connectivity index (χ0n) is 17.3. The number of nitrogens with one attached hydrogen (secondary N) is 1. The van der Waals surface area contributed by atoms with Crippen LogP contribution in [0.5, 0.6) is 0 Å². The van der Waals surface area contributed by atoms with Crippen LogP contribution in [-0.4, -0.2) is 53.9 Å². The zero-order valence-corrected chi connectivity index (χ0v) is 18.0. The van der Waals surface area contributed by atoms with Gasteiger partial charge in [0, 0.05) is 31.9 Å². The van der Waals surface area contributed by atoms with E-state index in [-0.39, 0.29) is 28.7 Å². The van der Waals surface area contributed by atoms with Gasteiger partial charge in [0.2, 0.25) is 0 Å². The molecule has 5 nitrogen and oxygen atoms in total. The predicted molar refractivity (Wildman–Crippen MR) is 117 cm³/mol. The fourth-order valence-electron chi connectivity index (χ4n) is 4.68. The van der Waals surface area contributed by atoms with Crippen LogP contribution in [-0.2, 0) is 0 Å². The number of rotatable bonds is 5. The summed E-state index contributed by atoms with van der Waals surface area (Å²) in [6, 6.07) is 8.81. The van der Waals surface area contributed by atoms with Crippen LogP contribution in [0.25, 0.3) is 0 Å². The molecule has 2 aromatic rings. The molecule has 0 bridgehead atoms. The van der Waals surface area contributed by atoms with Crippen molar-refractivity contribution in [2.75, 3.05) is 38.5 Å². The highest BCUT2D eigenvalue weighted by Crippen LogP contribution is 2.37. The Bertz CT molecular complexity index is 903. The van der Waals surface area contributed by atoms with Crippen molar-refractivity contribution in [2.45, 2.75) is 31.7 Å². The second-order valence-electron chi connectivity index (χ2n) is 8.28. The first kappa shape index (κ1) is 21.1. The molecule has 1 amide bonds. The first-order valence-electron chi connectivity index (χ1n) is 10.7. The quantitative estimate of drug-likeness (QED) is 0.752. The molecule has 7 heteroatoms. The van der Waals surface area contributed by atoms with Crippen molar-refractivity contribution in [2.24, 2.45) is 5.92 Å². The average Bonchev–Trinajstić information content (AvgIpc) is 3.15. The van der Waals surface area contributed by atoms with Crippen LogP contribution in [0.4, 0.5) is 10.2 Å². The Kier molecular flexibility index (Phi) is 6.54. The third-order valence-electron chi connectivity index (χ3n) is 6.27. The summed E-state index contributed by atoms with van der Waals surface area (Å²) in [5.41, 5.74) is 1.55. The fraction of sp³-hybridized carbons (Fsp3) is 0.478. The molecule has 160 valence electrons. The van der Waals surface area contributed by atoms with Crippen LogP contribution in [0.1, 0.15) is 47.6 Å². The molecule has 0 saturated carbocycles. The lowest BCUT2D eigenvalue weighted by molar-refractivity contribution is 0.0725. The second kappa shape index (κ2) is 9.31. The number of anilines is 1. The number of piperidine rings is 1. The number of likely N-dealkylation sites (tertiary alicyclic amines) is 2. The van der Waals surface area contributed by atoms with Crippen molar-refractivity contribution in [3.05, 3.63) is 58.5 Å². The molecular formula is C23H28ClFN4O. The van der Waals surface area contributed by atoms with Gasteiger partial charge in [-0.3, -0.25) is 9.69 Å². The molecule has 4 rings (SSSR count). The van der Waals surface area contributed by atoms with Gasteiger partial charge in [0.15, 0.2) is 0 Å². The van der Waals surface area contributed by atoms with E-state index < -0.39 is 0 Å². The van der Waals surface area contributed by atoms with Gasteiger partial charge in [-0.25, -0.2) is 9.37 Å². The van der Waals surface area contributed by atoms with Crippen molar-refractivity contribution >= 4 is 23.3 Å². The Morgan fingerprint density at radius 2 is 2.03 bits per heavy atom. The van der Waals surface area contributed by atoms with Crippen LogP contribution < -0.4 is 5.32 Å². The molecule has 0 radical (unpaired) electrons. The normalized spacial score (nSPS) is 22.3. The number of carbonyl (C=O) groups is 1. The first-order valence-corrected chi connectivity index (χ1v) is 11.1. The monoisotopic (exact) mass is 430 g/mol. The maximum absolute atomic E-state index is 14.0. The van der Waals surface area contributed by atoms with Crippen LogP contribution in [0, 0.1) is 11.7 Å². The van der Waals surface area contributed by atoms with Crippen LogP contribution in [0.15, 0.2) is 36.5 Å². The maximum Gasteiger partial charge on any atom is 0.257 e. The van der Waals surface area contributed by atoms with Crippen molar-refractivity contribution in [1.82, 2.24) is 14.8 Å². The summed E-state index contributed by atoms with van der Waals surface area (Å²) < 4.78 is 14.0. The number of hydrogen-bond acceptors (Lipinski definition) is 4. The summed E-state index contributed by atoms with van der Waals surface area (Å²) in [4.78, 5) is 21.6. The molecule has 2 aliphatic rings. The van der Waals surface area contributed by atoms with E-state index in [9.17, 15) is 9.18 Å². The molecule has 2 fully saturated rings. The molecule has 0 aliphatic carbocycles. The number of benzene rings is 1. The molecule has 0 spiro atoms. The molecule has 2 saturated heterocycles. The zero-order chi connectivity index (χ0) is 21.1. The van der Waals surface area contributed by atoms with Gasteiger partial charge in [0.05, 0.1) is 10.6 Å². The van der Waals surface area contributed by atoms with Gasteiger partial charge in [-0.05, 0) is 75.0 Å². The Hall–Kier alpha value is -2.18. The number of nitrogens with zero attached hydrogens (tertiary/aromatic N) is 3. The smallest absolute Gasteiger partial charge is 0.257 e. The molecule has 1 aromatic carbocycles. The van der Waals surface area contributed by atoms with Gasteiger partial charge in [-0.2, -0.15) is 0 Å². The molecule has 2 atom stereocenters. The van der Waals surface area contributed by atoms with E-state index in [1.54, 1.807) is 12.3 Å². The van der Waals surface area contributed by atoms with E-state index >= 15 is 0 Å². The second-order valence-corrected chi connectivity index (χ2v) is 8.69. The third-order valence-corrected chi connectivity index (χ3v) is 6.58. The van der Waals surface area contributed by atoms with Gasteiger partial charge < -0.3 is 10.2 Å². The van der Waals surface area contributed by atoms with E-state index in [1.807, 2.05) is 23.1 Å². The van der Waals surface area contributed by atoms with Gasteiger partial charge in [0.25, 0.3) is 5.91 Å². The Morgan fingerprint density at radius 3 is 2.80 bits per heavy atom. The van der Waals surface area contributed by atoms with Gasteiger partial charge >= 0.3 is 0 Å². The molecule has 1 N–H and O–H groups in total.